The van der Waals surface area contributed by atoms with E-state index in [1.54, 1.807) is 6.92 Å². The molecule has 1 fully saturated rings. The molecule has 0 saturated heterocycles. The van der Waals surface area contributed by atoms with E-state index < -0.39 is 0 Å². The van der Waals surface area contributed by atoms with E-state index in [2.05, 4.69) is 0 Å². The van der Waals surface area contributed by atoms with Gasteiger partial charge in [-0.05, 0) is 19.3 Å². The summed E-state index contributed by atoms with van der Waals surface area (Å²) >= 11 is 0. The average molecular weight is 197 g/mol. The van der Waals surface area contributed by atoms with Gasteiger partial charge in [0.25, 0.3) is 0 Å². The van der Waals surface area contributed by atoms with Crippen molar-refractivity contribution in [1.29, 1.82) is 0 Å². The average Bonchev–Trinajstić information content (AvgIpc) is 2.56. The van der Waals surface area contributed by atoms with E-state index in [-0.39, 0.29) is 5.97 Å². The maximum atomic E-state index is 11.0. The lowest BCUT2D eigenvalue weighted by atomic mass is 10.0. The highest BCUT2D eigenvalue weighted by atomic mass is 16.5. The van der Waals surface area contributed by atoms with Crippen molar-refractivity contribution >= 4 is 5.97 Å². The molecule has 1 saturated carbocycles. The Morgan fingerprint density at radius 2 is 2.14 bits per heavy atom. The predicted octanol–water partition coefficient (Wildman–Crippen LogP) is 1.97. The lowest BCUT2D eigenvalue weighted by molar-refractivity contribution is -0.137. The van der Waals surface area contributed by atoms with Crippen molar-refractivity contribution in [2.24, 2.45) is 11.7 Å². The highest BCUT2D eigenvalue weighted by Crippen LogP contribution is 2.28. The molecular formula is C11H19NO2. The summed E-state index contributed by atoms with van der Waals surface area (Å²) in [5.74, 6) is 0.365. The zero-order chi connectivity index (χ0) is 10.4. The van der Waals surface area contributed by atoms with Gasteiger partial charge in [-0.1, -0.05) is 25.7 Å². The van der Waals surface area contributed by atoms with E-state index in [0.29, 0.717) is 18.2 Å². The van der Waals surface area contributed by atoms with Gasteiger partial charge in [0.2, 0.25) is 0 Å². The van der Waals surface area contributed by atoms with Gasteiger partial charge in [-0.25, -0.2) is 4.79 Å². The lowest BCUT2D eigenvalue weighted by Gasteiger charge is -2.08. The van der Waals surface area contributed by atoms with Crippen LogP contribution >= 0.6 is 0 Å². The molecule has 3 heteroatoms. The first kappa shape index (κ1) is 11.1. The van der Waals surface area contributed by atoms with Crippen LogP contribution in [0.25, 0.3) is 0 Å². The molecule has 0 spiro atoms. The number of nitrogens with two attached hydrogens (primary N) is 1. The first-order chi connectivity index (χ1) is 6.72. The summed E-state index contributed by atoms with van der Waals surface area (Å²) in [4.78, 5) is 11.0. The van der Waals surface area contributed by atoms with E-state index in [0.717, 1.165) is 6.42 Å². The Labute approximate surface area is 85.3 Å². The maximum Gasteiger partial charge on any atom is 0.332 e. The van der Waals surface area contributed by atoms with Gasteiger partial charge in [-0.15, -0.1) is 0 Å². The van der Waals surface area contributed by atoms with Crippen LogP contribution in [-0.2, 0) is 9.53 Å². The van der Waals surface area contributed by atoms with Crippen LogP contribution in [0.15, 0.2) is 11.8 Å². The summed E-state index contributed by atoms with van der Waals surface area (Å²) in [5.41, 5.74) is 6.41. The molecule has 0 bridgehead atoms. The Morgan fingerprint density at radius 1 is 1.50 bits per heavy atom. The van der Waals surface area contributed by atoms with Crippen LogP contribution in [0.4, 0.5) is 0 Å². The molecule has 0 aromatic heterocycles. The zero-order valence-corrected chi connectivity index (χ0v) is 8.79. The summed E-state index contributed by atoms with van der Waals surface area (Å²) in [6.07, 6.45) is 7.37. The van der Waals surface area contributed by atoms with Crippen LogP contribution in [-0.4, -0.2) is 12.6 Å². The largest absolute Gasteiger partial charge is 0.463 e. The first-order valence-corrected chi connectivity index (χ1v) is 5.35. The van der Waals surface area contributed by atoms with Crippen LogP contribution in [0.2, 0.25) is 0 Å². The van der Waals surface area contributed by atoms with Crippen molar-refractivity contribution < 1.29 is 9.53 Å². The van der Waals surface area contributed by atoms with Gasteiger partial charge in [-0.2, -0.15) is 0 Å². The minimum absolute atomic E-state index is 0.317. The first-order valence-electron chi connectivity index (χ1n) is 5.35. The van der Waals surface area contributed by atoms with Gasteiger partial charge in [0.1, 0.15) is 0 Å². The molecule has 0 unspecified atom stereocenters. The second kappa shape index (κ2) is 5.68. The molecule has 1 rings (SSSR count). The molecule has 0 amide bonds. The molecule has 0 aliphatic heterocycles. The van der Waals surface area contributed by atoms with E-state index in [9.17, 15) is 4.79 Å². The topological polar surface area (TPSA) is 52.3 Å². The van der Waals surface area contributed by atoms with Crippen molar-refractivity contribution in [3.8, 4) is 0 Å². The van der Waals surface area contributed by atoms with Crippen LogP contribution in [0.5, 0.6) is 0 Å². The normalized spacial score (nSPS) is 18.5. The SMILES string of the molecule is CCOC(=O)C=C(N)CC1CCCC1. The van der Waals surface area contributed by atoms with Crippen molar-refractivity contribution in [3.05, 3.63) is 11.8 Å². The molecule has 1 aliphatic rings. The molecule has 0 heterocycles. The van der Waals surface area contributed by atoms with E-state index in [1.807, 2.05) is 0 Å². The quantitative estimate of drug-likeness (QED) is 0.553. The van der Waals surface area contributed by atoms with E-state index in [1.165, 1.54) is 31.8 Å². The van der Waals surface area contributed by atoms with Crippen LogP contribution < -0.4 is 5.73 Å². The highest BCUT2D eigenvalue weighted by molar-refractivity contribution is 5.82. The molecule has 14 heavy (non-hydrogen) atoms. The lowest BCUT2D eigenvalue weighted by Crippen LogP contribution is -2.08. The van der Waals surface area contributed by atoms with Crippen LogP contribution in [0, 0.1) is 5.92 Å². The number of carbonyl (C=O) groups excluding carboxylic acids is 1. The van der Waals surface area contributed by atoms with Crippen molar-refractivity contribution in [1.82, 2.24) is 0 Å². The predicted molar refractivity (Wildman–Crippen MR) is 55.5 cm³/mol. The standard InChI is InChI=1S/C11H19NO2/c1-2-14-11(13)8-10(12)7-9-5-3-4-6-9/h8-9H,2-7,12H2,1H3. The summed E-state index contributed by atoms with van der Waals surface area (Å²) in [6.45, 7) is 2.20. The molecular weight excluding hydrogens is 178 g/mol. The Morgan fingerprint density at radius 3 is 2.71 bits per heavy atom. The maximum absolute atomic E-state index is 11.0. The third kappa shape index (κ3) is 3.81. The molecule has 80 valence electrons. The number of hydrogen-bond acceptors (Lipinski definition) is 3. The number of allylic oxidation sites excluding steroid dienone is 1. The second-order valence-corrected chi connectivity index (χ2v) is 3.83. The number of carbonyl (C=O) groups is 1. The van der Waals surface area contributed by atoms with Gasteiger partial charge >= 0.3 is 5.97 Å². The second-order valence-electron chi connectivity index (χ2n) is 3.83. The number of ether oxygens (including phenoxy) is 1. The molecule has 0 atom stereocenters. The minimum Gasteiger partial charge on any atom is -0.463 e. The van der Waals surface area contributed by atoms with Gasteiger partial charge < -0.3 is 10.5 Å². The molecule has 2 N–H and O–H groups in total. The van der Waals surface area contributed by atoms with Gasteiger partial charge in [0.05, 0.1) is 6.61 Å². The number of hydrogen-bond donors (Lipinski definition) is 1. The number of rotatable bonds is 4. The Balaban J connectivity index is 2.31. The summed E-state index contributed by atoms with van der Waals surface area (Å²) in [7, 11) is 0. The third-order valence-electron chi connectivity index (χ3n) is 2.59. The van der Waals surface area contributed by atoms with Gasteiger partial charge in [0.15, 0.2) is 0 Å². The van der Waals surface area contributed by atoms with Gasteiger partial charge in [0, 0.05) is 11.8 Å². The smallest absolute Gasteiger partial charge is 0.332 e. The van der Waals surface area contributed by atoms with E-state index in [4.69, 9.17) is 10.5 Å². The fourth-order valence-electron chi connectivity index (χ4n) is 1.94. The number of esters is 1. The highest BCUT2D eigenvalue weighted by Gasteiger charge is 2.15. The molecule has 1 aliphatic carbocycles. The monoisotopic (exact) mass is 197 g/mol. The van der Waals surface area contributed by atoms with E-state index >= 15 is 0 Å². The minimum atomic E-state index is -0.317. The Hall–Kier alpha value is -0.990. The Kier molecular flexibility index (Phi) is 4.50. The molecule has 0 aromatic rings. The molecule has 3 nitrogen and oxygen atoms in total. The Bertz CT molecular complexity index is 217. The molecule has 0 radical (unpaired) electrons. The van der Waals surface area contributed by atoms with Crippen LogP contribution in [0.3, 0.4) is 0 Å². The fourth-order valence-corrected chi connectivity index (χ4v) is 1.94. The zero-order valence-electron chi connectivity index (χ0n) is 8.79. The van der Waals surface area contributed by atoms with Crippen molar-refractivity contribution in [2.45, 2.75) is 39.0 Å². The summed E-state index contributed by atoms with van der Waals surface area (Å²) in [5, 5.41) is 0. The summed E-state index contributed by atoms with van der Waals surface area (Å²) in [6, 6.07) is 0. The molecule has 0 aromatic carbocycles. The van der Waals surface area contributed by atoms with Crippen LogP contribution in [0.1, 0.15) is 39.0 Å². The summed E-state index contributed by atoms with van der Waals surface area (Å²) < 4.78 is 4.78. The van der Waals surface area contributed by atoms with Gasteiger partial charge in [-0.3, -0.25) is 0 Å². The third-order valence-corrected chi connectivity index (χ3v) is 2.59. The van der Waals surface area contributed by atoms with Crippen molar-refractivity contribution in [3.63, 3.8) is 0 Å². The fraction of sp³-hybridized carbons (Fsp3) is 0.727. The van der Waals surface area contributed by atoms with Crippen molar-refractivity contribution in [2.75, 3.05) is 6.61 Å².